The number of hydrogen-bond donors (Lipinski definition) is 1. The van der Waals surface area contributed by atoms with Gasteiger partial charge in [0.1, 0.15) is 11.4 Å². The summed E-state index contributed by atoms with van der Waals surface area (Å²) in [6, 6.07) is 17.1. The molecule has 0 saturated carbocycles. The van der Waals surface area contributed by atoms with Crippen LogP contribution in [0.5, 0.6) is 5.75 Å². The van der Waals surface area contributed by atoms with Crippen LogP contribution in [0.2, 0.25) is 0 Å². The molecule has 0 aliphatic carbocycles. The molecular formula is C17H18INO. The molecule has 0 spiro atoms. The van der Waals surface area contributed by atoms with Crippen molar-refractivity contribution in [3.8, 4) is 5.75 Å². The lowest BCUT2D eigenvalue weighted by atomic mass is 9.89. The van der Waals surface area contributed by atoms with E-state index < -0.39 is 0 Å². The first kappa shape index (κ1) is 13.7. The van der Waals surface area contributed by atoms with Gasteiger partial charge in [-0.25, -0.2) is 0 Å². The van der Waals surface area contributed by atoms with Crippen LogP contribution in [-0.4, -0.2) is 5.60 Å². The highest BCUT2D eigenvalue weighted by Gasteiger charge is 2.33. The molecule has 20 heavy (non-hydrogen) atoms. The third-order valence-electron chi connectivity index (χ3n) is 3.54. The van der Waals surface area contributed by atoms with Crippen molar-refractivity contribution in [3.63, 3.8) is 0 Å². The Balaban J connectivity index is 1.93. The molecule has 1 atom stereocenters. The minimum Gasteiger partial charge on any atom is -0.487 e. The van der Waals surface area contributed by atoms with Gasteiger partial charge in [0.15, 0.2) is 0 Å². The lowest BCUT2D eigenvalue weighted by Crippen LogP contribution is -2.37. The number of benzene rings is 2. The highest BCUT2D eigenvalue weighted by Crippen LogP contribution is 2.40. The SMILES string of the molecule is CC1(C)CC(Nc2cccc(I)c2)c2ccccc2O1. The normalized spacial score (nSPS) is 19.9. The van der Waals surface area contributed by atoms with Gasteiger partial charge in [0, 0.05) is 21.2 Å². The Morgan fingerprint density at radius 3 is 2.75 bits per heavy atom. The number of para-hydroxylation sites is 1. The highest BCUT2D eigenvalue weighted by atomic mass is 127. The van der Waals surface area contributed by atoms with Crippen LogP contribution in [0.4, 0.5) is 5.69 Å². The zero-order valence-electron chi connectivity index (χ0n) is 11.7. The summed E-state index contributed by atoms with van der Waals surface area (Å²) in [4.78, 5) is 0. The molecule has 0 radical (unpaired) electrons. The number of ether oxygens (including phenoxy) is 1. The number of anilines is 1. The Morgan fingerprint density at radius 1 is 1.15 bits per heavy atom. The highest BCUT2D eigenvalue weighted by molar-refractivity contribution is 14.1. The maximum absolute atomic E-state index is 6.07. The molecular weight excluding hydrogens is 361 g/mol. The van der Waals surface area contributed by atoms with E-state index in [1.807, 2.05) is 6.07 Å². The zero-order chi connectivity index (χ0) is 14.2. The summed E-state index contributed by atoms with van der Waals surface area (Å²) in [7, 11) is 0. The van der Waals surface area contributed by atoms with Gasteiger partial charge in [-0.1, -0.05) is 24.3 Å². The number of rotatable bonds is 2. The standard InChI is InChI=1S/C17H18INO/c1-17(2)11-15(14-8-3-4-9-16(14)20-17)19-13-7-5-6-12(18)10-13/h3-10,15,19H,11H2,1-2H3. The summed E-state index contributed by atoms with van der Waals surface area (Å²) in [6.45, 7) is 4.29. The van der Waals surface area contributed by atoms with Gasteiger partial charge in [-0.15, -0.1) is 0 Å². The van der Waals surface area contributed by atoms with Gasteiger partial charge >= 0.3 is 0 Å². The van der Waals surface area contributed by atoms with E-state index in [2.05, 4.69) is 84.2 Å². The minimum absolute atomic E-state index is 0.145. The Labute approximate surface area is 133 Å². The first-order valence-corrected chi connectivity index (χ1v) is 7.91. The predicted octanol–water partition coefficient (Wildman–Crippen LogP) is 5.01. The Bertz CT molecular complexity index is 624. The van der Waals surface area contributed by atoms with Crippen molar-refractivity contribution >= 4 is 28.3 Å². The second-order valence-electron chi connectivity index (χ2n) is 5.81. The van der Waals surface area contributed by atoms with Crippen molar-refractivity contribution in [2.75, 3.05) is 5.32 Å². The molecule has 1 heterocycles. The molecule has 0 fully saturated rings. The number of halogens is 1. The summed E-state index contributed by atoms with van der Waals surface area (Å²) in [5.74, 6) is 0.992. The molecule has 1 N–H and O–H groups in total. The third-order valence-corrected chi connectivity index (χ3v) is 4.21. The fourth-order valence-electron chi connectivity index (χ4n) is 2.71. The zero-order valence-corrected chi connectivity index (χ0v) is 13.8. The molecule has 1 aliphatic heterocycles. The van der Waals surface area contributed by atoms with Gasteiger partial charge in [-0.2, -0.15) is 0 Å². The third kappa shape index (κ3) is 2.92. The predicted molar refractivity (Wildman–Crippen MR) is 91.3 cm³/mol. The van der Waals surface area contributed by atoms with Gasteiger partial charge in [0.2, 0.25) is 0 Å². The number of hydrogen-bond acceptors (Lipinski definition) is 2. The fraction of sp³-hybridized carbons (Fsp3) is 0.294. The number of fused-ring (bicyclic) bond motifs is 1. The van der Waals surface area contributed by atoms with Gasteiger partial charge in [-0.3, -0.25) is 0 Å². The van der Waals surface area contributed by atoms with E-state index in [4.69, 9.17) is 4.74 Å². The van der Waals surface area contributed by atoms with Crippen LogP contribution in [0.3, 0.4) is 0 Å². The van der Waals surface area contributed by atoms with Crippen LogP contribution >= 0.6 is 22.6 Å². The maximum Gasteiger partial charge on any atom is 0.125 e. The topological polar surface area (TPSA) is 21.3 Å². The van der Waals surface area contributed by atoms with Crippen molar-refractivity contribution in [2.45, 2.75) is 31.9 Å². The second-order valence-corrected chi connectivity index (χ2v) is 7.06. The molecule has 1 aliphatic rings. The average Bonchev–Trinajstić information content (AvgIpc) is 2.37. The number of nitrogens with one attached hydrogen (secondary N) is 1. The lowest BCUT2D eigenvalue weighted by Gasteiger charge is -2.38. The van der Waals surface area contributed by atoms with E-state index in [0.717, 1.165) is 17.9 Å². The van der Waals surface area contributed by atoms with E-state index in [9.17, 15) is 0 Å². The molecule has 3 rings (SSSR count). The van der Waals surface area contributed by atoms with Crippen molar-refractivity contribution in [3.05, 3.63) is 57.7 Å². The largest absolute Gasteiger partial charge is 0.487 e. The van der Waals surface area contributed by atoms with Crippen molar-refractivity contribution in [1.29, 1.82) is 0 Å². The summed E-state index contributed by atoms with van der Waals surface area (Å²) < 4.78 is 7.31. The molecule has 0 bridgehead atoms. The molecule has 2 aromatic rings. The molecule has 3 heteroatoms. The van der Waals surface area contributed by atoms with E-state index in [1.165, 1.54) is 9.13 Å². The Hall–Kier alpha value is -1.23. The van der Waals surface area contributed by atoms with Crippen LogP contribution in [0.15, 0.2) is 48.5 Å². The van der Waals surface area contributed by atoms with E-state index in [1.54, 1.807) is 0 Å². The summed E-state index contributed by atoms with van der Waals surface area (Å²) in [6.07, 6.45) is 0.954. The first-order chi connectivity index (χ1) is 9.53. The van der Waals surface area contributed by atoms with Crippen molar-refractivity contribution in [2.24, 2.45) is 0 Å². The average molecular weight is 379 g/mol. The molecule has 0 saturated heterocycles. The van der Waals surface area contributed by atoms with Crippen LogP contribution in [-0.2, 0) is 0 Å². The van der Waals surface area contributed by atoms with Gasteiger partial charge in [-0.05, 0) is 60.7 Å². The van der Waals surface area contributed by atoms with Crippen molar-refractivity contribution in [1.82, 2.24) is 0 Å². The monoisotopic (exact) mass is 379 g/mol. The molecule has 0 aromatic heterocycles. The van der Waals surface area contributed by atoms with Crippen LogP contribution in [0.1, 0.15) is 31.9 Å². The van der Waals surface area contributed by atoms with E-state index in [-0.39, 0.29) is 11.6 Å². The molecule has 2 nitrogen and oxygen atoms in total. The van der Waals surface area contributed by atoms with Crippen LogP contribution in [0.25, 0.3) is 0 Å². The van der Waals surface area contributed by atoms with Gasteiger partial charge in [0.25, 0.3) is 0 Å². The fourth-order valence-corrected chi connectivity index (χ4v) is 3.25. The summed E-state index contributed by atoms with van der Waals surface area (Å²) in [5, 5.41) is 3.65. The Kier molecular flexibility index (Phi) is 3.63. The van der Waals surface area contributed by atoms with E-state index in [0.29, 0.717) is 0 Å². The van der Waals surface area contributed by atoms with Crippen LogP contribution < -0.4 is 10.1 Å². The molecule has 1 unspecified atom stereocenters. The quantitative estimate of drug-likeness (QED) is 0.741. The summed E-state index contributed by atoms with van der Waals surface area (Å²) in [5.41, 5.74) is 2.26. The molecule has 0 amide bonds. The Morgan fingerprint density at radius 2 is 1.95 bits per heavy atom. The van der Waals surface area contributed by atoms with Crippen LogP contribution in [0, 0.1) is 3.57 Å². The lowest BCUT2D eigenvalue weighted by molar-refractivity contribution is 0.0759. The molecule has 2 aromatic carbocycles. The van der Waals surface area contributed by atoms with Gasteiger partial charge < -0.3 is 10.1 Å². The second kappa shape index (κ2) is 5.28. The maximum atomic E-state index is 6.07. The molecule has 104 valence electrons. The van der Waals surface area contributed by atoms with Gasteiger partial charge in [0.05, 0.1) is 6.04 Å². The first-order valence-electron chi connectivity index (χ1n) is 6.84. The smallest absolute Gasteiger partial charge is 0.125 e. The minimum atomic E-state index is -0.145. The van der Waals surface area contributed by atoms with Crippen molar-refractivity contribution < 1.29 is 4.74 Å². The van der Waals surface area contributed by atoms with E-state index >= 15 is 0 Å². The summed E-state index contributed by atoms with van der Waals surface area (Å²) >= 11 is 2.34.